The van der Waals surface area contributed by atoms with Crippen LogP contribution in [0.5, 0.6) is 0 Å². The Morgan fingerprint density at radius 2 is 1.94 bits per heavy atom. The van der Waals surface area contributed by atoms with Crippen molar-refractivity contribution in [3.8, 4) is 0 Å². The Morgan fingerprint density at radius 1 is 1.38 bits per heavy atom. The second kappa shape index (κ2) is 6.19. The number of hydrogen-bond acceptors (Lipinski definition) is 3. The number of hydrogen-bond donors (Lipinski definition) is 3. The lowest BCUT2D eigenvalue weighted by Crippen LogP contribution is -2.35. The predicted molar refractivity (Wildman–Crippen MR) is 61.7 cm³/mol. The Labute approximate surface area is 95.7 Å². The van der Waals surface area contributed by atoms with Crippen LogP contribution in [0.4, 0.5) is 4.79 Å². The molecule has 94 valence electrons. The molecule has 0 saturated carbocycles. The van der Waals surface area contributed by atoms with Crippen LogP contribution < -0.4 is 5.73 Å². The van der Waals surface area contributed by atoms with Gasteiger partial charge >= 0.3 is 6.09 Å². The fourth-order valence-corrected chi connectivity index (χ4v) is 1.07. The molecule has 0 aromatic heterocycles. The van der Waals surface area contributed by atoms with Gasteiger partial charge in [0.25, 0.3) is 0 Å². The van der Waals surface area contributed by atoms with Crippen molar-refractivity contribution < 1.29 is 15.1 Å². The monoisotopic (exact) mass is 231 g/mol. The van der Waals surface area contributed by atoms with E-state index in [-0.39, 0.29) is 24.2 Å². The average Bonchev–Trinajstić information content (AvgIpc) is 2.14. The first-order valence-corrected chi connectivity index (χ1v) is 5.20. The zero-order valence-electron chi connectivity index (χ0n) is 10.1. The first-order chi connectivity index (χ1) is 7.26. The summed E-state index contributed by atoms with van der Waals surface area (Å²) in [5.41, 5.74) is 5.37. The minimum Gasteiger partial charge on any atom is -0.465 e. The van der Waals surface area contributed by atoms with Crippen molar-refractivity contribution in [1.29, 1.82) is 0 Å². The quantitative estimate of drug-likeness (QED) is 0.289. The molecule has 0 aliphatic heterocycles. The normalized spacial score (nSPS) is 12.6. The van der Waals surface area contributed by atoms with Gasteiger partial charge in [-0.15, -0.1) is 0 Å². The zero-order chi connectivity index (χ0) is 12.8. The summed E-state index contributed by atoms with van der Waals surface area (Å²) in [5.74, 6) is 0.0435. The van der Waals surface area contributed by atoms with Crippen LogP contribution in [0.15, 0.2) is 5.16 Å². The van der Waals surface area contributed by atoms with Crippen LogP contribution in [0.25, 0.3) is 0 Å². The SMILES string of the molecule is CC(C)(C)CCN(CCC(N)=NO)C(=O)O. The van der Waals surface area contributed by atoms with Gasteiger partial charge in [0.2, 0.25) is 0 Å². The maximum Gasteiger partial charge on any atom is 0.407 e. The summed E-state index contributed by atoms with van der Waals surface area (Å²) >= 11 is 0. The third kappa shape index (κ3) is 6.92. The van der Waals surface area contributed by atoms with Gasteiger partial charge in [0.1, 0.15) is 5.84 Å². The average molecular weight is 231 g/mol. The van der Waals surface area contributed by atoms with Crippen LogP contribution in [0, 0.1) is 5.41 Å². The molecular weight excluding hydrogens is 210 g/mol. The number of amidine groups is 1. The molecule has 0 aromatic rings. The Balaban J connectivity index is 4.14. The van der Waals surface area contributed by atoms with Crippen molar-refractivity contribution in [3.05, 3.63) is 0 Å². The van der Waals surface area contributed by atoms with Crippen molar-refractivity contribution >= 4 is 11.9 Å². The van der Waals surface area contributed by atoms with Gasteiger partial charge in [-0.1, -0.05) is 25.9 Å². The van der Waals surface area contributed by atoms with E-state index in [0.717, 1.165) is 6.42 Å². The van der Waals surface area contributed by atoms with E-state index in [1.54, 1.807) is 0 Å². The van der Waals surface area contributed by atoms with Crippen molar-refractivity contribution in [1.82, 2.24) is 4.90 Å². The molecule has 0 rings (SSSR count). The second-order valence-electron chi connectivity index (χ2n) is 4.92. The van der Waals surface area contributed by atoms with Crippen LogP contribution in [0.2, 0.25) is 0 Å². The van der Waals surface area contributed by atoms with Gasteiger partial charge in [0.15, 0.2) is 0 Å². The third-order valence-corrected chi connectivity index (χ3v) is 2.17. The molecule has 16 heavy (non-hydrogen) atoms. The molecule has 0 heterocycles. The Morgan fingerprint density at radius 3 is 2.31 bits per heavy atom. The van der Waals surface area contributed by atoms with E-state index < -0.39 is 6.09 Å². The fraction of sp³-hybridized carbons (Fsp3) is 0.800. The molecule has 0 bridgehead atoms. The lowest BCUT2D eigenvalue weighted by molar-refractivity contribution is 0.140. The van der Waals surface area contributed by atoms with E-state index in [1.807, 2.05) is 0 Å². The highest BCUT2D eigenvalue weighted by atomic mass is 16.4. The first-order valence-electron chi connectivity index (χ1n) is 5.20. The first kappa shape index (κ1) is 14.5. The summed E-state index contributed by atoms with van der Waals surface area (Å²) in [4.78, 5) is 12.2. The highest BCUT2D eigenvalue weighted by Gasteiger charge is 2.16. The molecule has 1 amide bonds. The molecule has 6 heteroatoms. The lowest BCUT2D eigenvalue weighted by atomic mass is 9.92. The summed E-state index contributed by atoms with van der Waals surface area (Å²) in [6.07, 6.45) is 0.0394. The Bertz CT molecular complexity index is 259. The summed E-state index contributed by atoms with van der Waals surface area (Å²) in [6, 6.07) is 0. The van der Waals surface area contributed by atoms with Gasteiger partial charge in [-0.2, -0.15) is 0 Å². The highest BCUT2D eigenvalue weighted by molar-refractivity contribution is 5.80. The van der Waals surface area contributed by atoms with E-state index in [4.69, 9.17) is 16.0 Å². The van der Waals surface area contributed by atoms with Gasteiger partial charge < -0.3 is 20.9 Å². The van der Waals surface area contributed by atoms with Gasteiger partial charge in [-0.25, -0.2) is 4.79 Å². The molecule has 0 atom stereocenters. The molecule has 0 spiro atoms. The molecule has 0 aliphatic carbocycles. The van der Waals surface area contributed by atoms with Crippen LogP contribution in [-0.2, 0) is 0 Å². The van der Waals surface area contributed by atoms with Crippen LogP contribution >= 0.6 is 0 Å². The molecular formula is C10H21N3O3. The van der Waals surface area contributed by atoms with Crippen molar-refractivity contribution in [2.45, 2.75) is 33.6 Å². The minimum absolute atomic E-state index is 0.0435. The smallest absolute Gasteiger partial charge is 0.407 e. The van der Waals surface area contributed by atoms with Gasteiger partial charge in [-0.05, 0) is 11.8 Å². The number of carboxylic acid groups (broad SMARTS) is 1. The van der Waals surface area contributed by atoms with E-state index >= 15 is 0 Å². The van der Waals surface area contributed by atoms with Crippen LogP contribution in [0.1, 0.15) is 33.6 Å². The zero-order valence-corrected chi connectivity index (χ0v) is 10.1. The highest BCUT2D eigenvalue weighted by Crippen LogP contribution is 2.18. The van der Waals surface area contributed by atoms with Gasteiger partial charge in [0.05, 0.1) is 0 Å². The third-order valence-electron chi connectivity index (χ3n) is 2.17. The number of nitrogens with zero attached hydrogens (tertiary/aromatic N) is 2. The Hall–Kier alpha value is -1.46. The molecule has 0 saturated heterocycles. The number of oxime groups is 1. The van der Waals surface area contributed by atoms with E-state index in [2.05, 4.69) is 25.9 Å². The molecule has 6 nitrogen and oxygen atoms in total. The summed E-state index contributed by atoms with van der Waals surface area (Å²) in [6.45, 7) is 6.86. The van der Waals surface area contributed by atoms with E-state index in [0.29, 0.717) is 6.54 Å². The van der Waals surface area contributed by atoms with E-state index in [9.17, 15) is 4.79 Å². The largest absolute Gasteiger partial charge is 0.465 e. The van der Waals surface area contributed by atoms with Crippen LogP contribution in [0.3, 0.4) is 0 Å². The van der Waals surface area contributed by atoms with E-state index in [1.165, 1.54) is 4.90 Å². The number of carbonyl (C=O) groups is 1. The lowest BCUT2D eigenvalue weighted by Gasteiger charge is -2.24. The predicted octanol–water partition coefficient (Wildman–Crippen LogP) is 1.54. The maximum absolute atomic E-state index is 10.9. The summed E-state index contributed by atoms with van der Waals surface area (Å²) < 4.78 is 0. The number of nitrogens with two attached hydrogens (primary N) is 1. The van der Waals surface area contributed by atoms with Gasteiger partial charge in [-0.3, -0.25) is 0 Å². The molecule has 0 radical (unpaired) electrons. The summed E-state index contributed by atoms with van der Waals surface area (Å²) in [5, 5.41) is 20.1. The number of rotatable bonds is 5. The summed E-state index contributed by atoms with van der Waals surface area (Å²) in [7, 11) is 0. The standard InChI is InChI=1S/C10H21N3O3/c1-10(2,3)5-7-13(9(14)15)6-4-8(11)12-16/h16H,4-7H2,1-3H3,(H2,11,12)(H,14,15). The molecule has 0 aromatic carbocycles. The fourth-order valence-electron chi connectivity index (χ4n) is 1.07. The molecule has 0 fully saturated rings. The van der Waals surface area contributed by atoms with Crippen molar-refractivity contribution in [3.63, 3.8) is 0 Å². The molecule has 0 aliphatic rings. The molecule has 4 N–H and O–H groups in total. The topological polar surface area (TPSA) is 99.1 Å². The Kier molecular flexibility index (Phi) is 5.63. The van der Waals surface area contributed by atoms with Gasteiger partial charge in [0, 0.05) is 19.5 Å². The second-order valence-corrected chi connectivity index (χ2v) is 4.92. The molecule has 0 unspecified atom stereocenters. The van der Waals surface area contributed by atoms with Crippen molar-refractivity contribution in [2.24, 2.45) is 16.3 Å². The van der Waals surface area contributed by atoms with Crippen LogP contribution in [-0.4, -0.2) is 40.2 Å². The van der Waals surface area contributed by atoms with Crippen molar-refractivity contribution in [2.75, 3.05) is 13.1 Å². The number of amides is 1. The minimum atomic E-state index is -0.977. The maximum atomic E-state index is 10.9.